The van der Waals surface area contributed by atoms with Crippen molar-refractivity contribution in [3.63, 3.8) is 0 Å². The summed E-state index contributed by atoms with van der Waals surface area (Å²) in [4.78, 5) is 45.4. The summed E-state index contributed by atoms with van der Waals surface area (Å²) in [6.45, 7) is 3.77. The Bertz CT molecular complexity index is 2490. The zero-order chi connectivity index (χ0) is 35.2. The second kappa shape index (κ2) is 12.7. The Labute approximate surface area is 294 Å². The molecular formula is C42H35N5O4. The smallest absolute Gasteiger partial charge is 0.286 e. The molecule has 1 aliphatic heterocycles. The molecule has 8 rings (SSSR count). The van der Waals surface area contributed by atoms with Gasteiger partial charge in [0.25, 0.3) is 17.7 Å². The monoisotopic (exact) mass is 673 g/mol. The number of carbonyl (C=O) groups is 3. The number of hydrogen-bond donors (Lipinski definition) is 3. The number of aromatic nitrogens is 2. The summed E-state index contributed by atoms with van der Waals surface area (Å²) >= 11 is 0. The predicted octanol–water partition coefficient (Wildman–Crippen LogP) is 7.74. The van der Waals surface area contributed by atoms with Gasteiger partial charge in [-0.1, -0.05) is 78.4 Å². The first kappa shape index (κ1) is 31.6. The van der Waals surface area contributed by atoms with Crippen LogP contribution in [0.4, 0.5) is 0 Å². The SMILES string of the molecule is Cc1ccc(-c2c(C3c4ccccc4C(=O)N3CC(=O)NNC(=O)c3cc4cc(Oc5cccc(C)c5)ccc4[nH]3)c3ccccc3n2C)cc1. The minimum atomic E-state index is -0.539. The lowest BCUT2D eigenvalue weighted by Crippen LogP contribution is -2.47. The molecule has 7 aromatic rings. The molecule has 9 heteroatoms. The highest BCUT2D eigenvalue weighted by Gasteiger charge is 2.41. The topological polar surface area (TPSA) is 108 Å². The van der Waals surface area contributed by atoms with Gasteiger partial charge in [0.1, 0.15) is 23.7 Å². The number of ether oxygens (including phenoxy) is 1. The molecule has 0 bridgehead atoms. The number of aromatic amines is 1. The Morgan fingerprint density at radius 3 is 2.37 bits per heavy atom. The summed E-state index contributed by atoms with van der Waals surface area (Å²) in [5.74, 6) is 0.0499. The van der Waals surface area contributed by atoms with Gasteiger partial charge in [-0.15, -0.1) is 0 Å². The van der Waals surface area contributed by atoms with Crippen molar-refractivity contribution < 1.29 is 19.1 Å². The van der Waals surface area contributed by atoms with Crippen molar-refractivity contribution in [3.05, 3.63) is 155 Å². The molecule has 0 saturated carbocycles. The lowest BCUT2D eigenvalue weighted by molar-refractivity contribution is -0.122. The fraction of sp³-hybridized carbons (Fsp3) is 0.119. The number of hydrazine groups is 1. The molecule has 0 fully saturated rings. The number of benzene rings is 5. The number of amides is 3. The molecule has 3 amide bonds. The Morgan fingerprint density at radius 1 is 0.784 bits per heavy atom. The van der Waals surface area contributed by atoms with Crippen molar-refractivity contribution in [1.82, 2.24) is 25.3 Å². The maximum absolute atomic E-state index is 14.0. The summed E-state index contributed by atoms with van der Waals surface area (Å²) < 4.78 is 8.16. The molecule has 5 aromatic carbocycles. The van der Waals surface area contributed by atoms with E-state index in [4.69, 9.17) is 4.74 Å². The number of para-hydroxylation sites is 1. The number of hydrogen-bond acceptors (Lipinski definition) is 4. The molecule has 0 spiro atoms. The number of H-pyrrole nitrogens is 1. The molecule has 2 aromatic heterocycles. The lowest BCUT2D eigenvalue weighted by Gasteiger charge is -2.26. The standard InChI is InChI=1S/C42H35N5O4/c1-25-15-17-27(18-16-25)39-38(33-13-6-7-14-36(33)46(39)3)40-31-11-4-5-12-32(31)42(50)47(40)24-37(48)44-45-41(49)35-23-28-22-30(19-20-34(28)43-35)51-29-10-8-9-26(2)21-29/h4-23,40,43H,24H2,1-3H3,(H,44,48)(H,45,49). The minimum absolute atomic E-state index is 0.251. The summed E-state index contributed by atoms with van der Waals surface area (Å²) in [5, 5.41) is 1.77. The largest absolute Gasteiger partial charge is 0.457 e. The van der Waals surface area contributed by atoms with Crippen LogP contribution in [0, 0.1) is 13.8 Å². The van der Waals surface area contributed by atoms with Crippen LogP contribution in [0.5, 0.6) is 11.5 Å². The van der Waals surface area contributed by atoms with E-state index in [0.717, 1.165) is 61.1 Å². The van der Waals surface area contributed by atoms with Gasteiger partial charge in [-0.2, -0.15) is 0 Å². The first-order valence-corrected chi connectivity index (χ1v) is 16.8. The molecular weight excluding hydrogens is 638 g/mol. The van der Waals surface area contributed by atoms with Gasteiger partial charge in [0.05, 0.1) is 11.7 Å². The van der Waals surface area contributed by atoms with Crippen molar-refractivity contribution >= 4 is 39.5 Å². The average Bonchev–Trinajstić information content (AvgIpc) is 3.77. The molecule has 0 aliphatic carbocycles. The summed E-state index contributed by atoms with van der Waals surface area (Å²) in [6.07, 6.45) is 0. The maximum Gasteiger partial charge on any atom is 0.286 e. The number of fused-ring (bicyclic) bond motifs is 3. The molecule has 3 N–H and O–H groups in total. The van der Waals surface area contributed by atoms with E-state index in [0.29, 0.717) is 11.3 Å². The zero-order valence-corrected chi connectivity index (χ0v) is 28.4. The van der Waals surface area contributed by atoms with Crippen LogP contribution in [0.15, 0.2) is 121 Å². The molecule has 9 nitrogen and oxygen atoms in total. The van der Waals surface area contributed by atoms with Crippen molar-refractivity contribution in [2.24, 2.45) is 7.05 Å². The van der Waals surface area contributed by atoms with E-state index in [-0.39, 0.29) is 18.1 Å². The normalized spacial score (nSPS) is 13.8. The summed E-state index contributed by atoms with van der Waals surface area (Å²) in [7, 11) is 2.03. The van der Waals surface area contributed by atoms with Gasteiger partial charge in [0.15, 0.2) is 0 Å². The van der Waals surface area contributed by atoms with Crippen LogP contribution < -0.4 is 15.6 Å². The van der Waals surface area contributed by atoms with Crippen molar-refractivity contribution in [2.75, 3.05) is 6.54 Å². The van der Waals surface area contributed by atoms with E-state index in [2.05, 4.69) is 56.8 Å². The van der Waals surface area contributed by atoms with Gasteiger partial charge in [-0.25, -0.2) is 0 Å². The molecule has 51 heavy (non-hydrogen) atoms. The van der Waals surface area contributed by atoms with E-state index in [9.17, 15) is 14.4 Å². The molecule has 1 aliphatic rings. The number of nitrogens with zero attached hydrogens (tertiary/aromatic N) is 2. The second-order valence-corrected chi connectivity index (χ2v) is 13.0. The molecule has 0 saturated heterocycles. The molecule has 0 radical (unpaired) electrons. The van der Waals surface area contributed by atoms with Crippen LogP contribution in [0.3, 0.4) is 0 Å². The minimum Gasteiger partial charge on any atom is -0.457 e. The molecule has 3 heterocycles. The van der Waals surface area contributed by atoms with Crippen molar-refractivity contribution in [2.45, 2.75) is 19.9 Å². The number of carbonyl (C=O) groups excluding carboxylic acids is 3. The Morgan fingerprint density at radius 2 is 1.55 bits per heavy atom. The predicted molar refractivity (Wildman–Crippen MR) is 198 cm³/mol. The first-order valence-electron chi connectivity index (χ1n) is 16.8. The number of aryl methyl sites for hydroxylation is 3. The van der Waals surface area contributed by atoms with Gasteiger partial charge in [-0.05, 0) is 79.1 Å². The van der Waals surface area contributed by atoms with E-state index in [1.54, 1.807) is 17.0 Å². The van der Waals surface area contributed by atoms with Crippen LogP contribution in [0.2, 0.25) is 0 Å². The lowest BCUT2D eigenvalue weighted by atomic mass is 9.93. The Balaban J connectivity index is 1.05. The van der Waals surface area contributed by atoms with Gasteiger partial charge >= 0.3 is 0 Å². The van der Waals surface area contributed by atoms with Gasteiger partial charge in [0.2, 0.25) is 0 Å². The zero-order valence-electron chi connectivity index (χ0n) is 28.4. The third-order valence-corrected chi connectivity index (χ3v) is 9.49. The van der Waals surface area contributed by atoms with Crippen LogP contribution in [-0.4, -0.2) is 38.7 Å². The van der Waals surface area contributed by atoms with Crippen molar-refractivity contribution in [1.29, 1.82) is 0 Å². The van der Waals surface area contributed by atoms with Crippen LogP contribution in [0.25, 0.3) is 33.1 Å². The second-order valence-electron chi connectivity index (χ2n) is 13.0. The van der Waals surface area contributed by atoms with Crippen LogP contribution in [0.1, 0.15) is 49.1 Å². The van der Waals surface area contributed by atoms with E-state index >= 15 is 0 Å². The van der Waals surface area contributed by atoms with E-state index < -0.39 is 17.9 Å². The Kier molecular flexibility index (Phi) is 7.87. The van der Waals surface area contributed by atoms with Gasteiger partial charge < -0.3 is 19.2 Å². The summed E-state index contributed by atoms with van der Waals surface area (Å²) in [6, 6.07) is 38.4. The highest BCUT2D eigenvalue weighted by molar-refractivity contribution is 6.04. The number of rotatable bonds is 7. The third-order valence-electron chi connectivity index (χ3n) is 9.49. The number of nitrogens with one attached hydrogen (secondary N) is 3. The molecule has 1 atom stereocenters. The van der Waals surface area contributed by atoms with Crippen LogP contribution in [-0.2, 0) is 11.8 Å². The van der Waals surface area contributed by atoms with Gasteiger partial charge in [0, 0.05) is 40.0 Å². The molecule has 1 unspecified atom stereocenters. The highest BCUT2D eigenvalue weighted by atomic mass is 16.5. The van der Waals surface area contributed by atoms with Crippen molar-refractivity contribution in [3.8, 4) is 22.8 Å². The third kappa shape index (κ3) is 5.78. The fourth-order valence-electron chi connectivity index (χ4n) is 7.10. The van der Waals surface area contributed by atoms with Gasteiger partial charge in [-0.3, -0.25) is 25.2 Å². The quantitative estimate of drug-likeness (QED) is 0.151. The Hall–Kier alpha value is -6.61. The average molecular weight is 674 g/mol. The first-order chi connectivity index (χ1) is 24.7. The van der Waals surface area contributed by atoms with Crippen LogP contribution >= 0.6 is 0 Å². The molecule has 252 valence electrons. The summed E-state index contributed by atoms with van der Waals surface area (Å²) in [5.41, 5.74) is 13.6. The fourth-order valence-corrected chi connectivity index (χ4v) is 7.10. The highest BCUT2D eigenvalue weighted by Crippen LogP contribution is 2.46. The maximum atomic E-state index is 14.0. The van der Waals surface area contributed by atoms with E-state index in [1.807, 2.05) is 93.7 Å². The van der Waals surface area contributed by atoms with E-state index in [1.165, 1.54) is 0 Å².